The van der Waals surface area contributed by atoms with Crippen LogP contribution >= 0.6 is 11.6 Å². The Morgan fingerprint density at radius 2 is 2.00 bits per heavy atom. The Labute approximate surface area is 129 Å². The molecule has 1 aromatic carbocycles. The first-order chi connectivity index (χ1) is 9.95. The number of aryl methyl sites for hydroxylation is 1. The molecule has 0 fully saturated rings. The second-order valence-electron chi connectivity index (χ2n) is 5.17. The highest BCUT2D eigenvalue weighted by Crippen LogP contribution is 2.18. The van der Waals surface area contributed by atoms with Crippen molar-refractivity contribution in [2.45, 2.75) is 13.5 Å². The van der Waals surface area contributed by atoms with E-state index in [1.807, 2.05) is 45.3 Å². The van der Waals surface area contributed by atoms with Gasteiger partial charge >= 0.3 is 0 Å². The van der Waals surface area contributed by atoms with Crippen LogP contribution in [0.3, 0.4) is 0 Å². The number of benzene rings is 1. The molecule has 1 heterocycles. The number of rotatable bonds is 4. The lowest BCUT2D eigenvalue weighted by Crippen LogP contribution is -2.17. The fraction of sp³-hybridized carbons (Fsp3) is 0.250. The number of nitrogens with zero attached hydrogens (tertiary/aromatic N) is 2. The summed E-state index contributed by atoms with van der Waals surface area (Å²) in [5.41, 5.74) is 3.09. The zero-order valence-electron chi connectivity index (χ0n) is 12.4. The largest absolute Gasteiger partial charge is 0.322 e. The van der Waals surface area contributed by atoms with Crippen LogP contribution in [0.2, 0.25) is 5.15 Å². The predicted octanol–water partition coefficient (Wildman–Crippen LogP) is 3.36. The first-order valence-corrected chi connectivity index (χ1v) is 7.01. The van der Waals surface area contributed by atoms with E-state index in [0.717, 1.165) is 17.8 Å². The fourth-order valence-electron chi connectivity index (χ4n) is 2.07. The molecule has 0 atom stereocenters. The molecule has 1 aromatic heterocycles. The summed E-state index contributed by atoms with van der Waals surface area (Å²) in [7, 11) is 3.98. The summed E-state index contributed by atoms with van der Waals surface area (Å²) >= 11 is 5.90. The Bertz CT molecular complexity index is 635. The lowest BCUT2D eigenvalue weighted by molar-refractivity contribution is 0.102. The van der Waals surface area contributed by atoms with Crippen molar-refractivity contribution in [3.63, 3.8) is 0 Å². The average molecular weight is 304 g/mol. The summed E-state index contributed by atoms with van der Waals surface area (Å²) in [5.74, 6) is -0.186. The van der Waals surface area contributed by atoms with Gasteiger partial charge in [0.2, 0.25) is 0 Å². The van der Waals surface area contributed by atoms with Crippen LogP contribution in [0.5, 0.6) is 0 Å². The molecule has 0 spiro atoms. The molecule has 1 N–H and O–H groups in total. The first kappa shape index (κ1) is 15.5. The highest BCUT2D eigenvalue weighted by atomic mass is 35.5. The summed E-state index contributed by atoms with van der Waals surface area (Å²) < 4.78 is 0. The lowest BCUT2D eigenvalue weighted by atomic mass is 10.1. The highest BCUT2D eigenvalue weighted by molar-refractivity contribution is 6.29. The molecule has 110 valence electrons. The number of hydrogen-bond donors (Lipinski definition) is 1. The van der Waals surface area contributed by atoms with Crippen LogP contribution < -0.4 is 5.32 Å². The SMILES string of the molecule is Cc1cc(C(=O)Nc2ccccc2CN(C)C)cc(Cl)n1. The minimum Gasteiger partial charge on any atom is -0.322 e. The smallest absolute Gasteiger partial charge is 0.255 e. The molecular weight excluding hydrogens is 286 g/mol. The number of amides is 1. The summed E-state index contributed by atoms with van der Waals surface area (Å²) in [5, 5.41) is 3.26. The van der Waals surface area contributed by atoms with E-state index in [1.165, 1.54) is 0 Å². The average Bonchev–Trinajstić information content (AvgIpc) is 2.39. The molecule has 0 unspecified atom stereocenters. The van der Waals surface area contributed by atoms with Gasteiger partial charge in [0.25, 0.3) is 5.91 Å². The Morgan fingerprint density at radius 3 is 2.67 bits per heavy atom. The van der Waals surface area contributed by atoms with E-state index in [4.69, 9.17) is 11.6 Å². The van der Waals surface area contributed by atoms with Crippen molar-refractivity contribution in [3.05, 3.63) is 58.4 Å². The molecule has 0 aliphatic rings. The summed E-state index contributed by atoms with van der Waals surface area (Å²) in [6.45, 7) is 2.56. The van der Waals surface area contributed by atoms with E-state index < -0.39 is 0 Å². The molecule has 1 amide bonds. The number of carbonyl (C=O) groups excluding carboxylic acids is 1. The van der Waals surface area contributed by atoms with Crippen molar-refractivity contribution in [2.75, 3.05) is 19.4 Å². The van der Waals surface area contributed by atoms with Gasteiger partial charge in [-0.1, -0.05) is 29.8 Å². The van der Waals surface area contributed by atoms with Crippen molar-refractivity contribution < 1.29 is 4.79 Å². The topological polar surface area (TPSA) is 45.2 Å². The van der Waals surface area contributed by atoms with E-state index in [1.54, 1.807) is 12.1 Å². The van der Waals surface area contributed by atoms with E-state index in [2.05, 4.69) is 15.2 Å². The summed E-state index contributed by atoms with van der Waals surface area (Å²) in [6, 6.07) is 11.0. The van der Waals surface area contributed by atoms with Gasteiger partial charge in [-0.05, 0) is 44.8 Å². The summed E-state index contributed by atoms with van der Waals surface area (Å²) in [4.78, 5) is 18.5. The van der Waals surface area contributed by atoms with E-state index in [0.29, 0.717) is 16.4 Å². The third kappa shape index (κ3) is 4.28. The van der Waals surface area contributed by atoms with Crippen LogP contribution in [0.15, 0.2) is 36.4 Å². The number of aromatic nitrogens is 1. The van der Waals surface area contributed by atoms with Crippen molar-refractivity contribution in [2.24, 2.45) is 0 Å². The van der Waals surface area contributed by atoms with Gasteiger partial charge in [-0.25, -0.2) is 4.98 Å². The number of carbonyl (C=O) groups is 1. The van der Waals surface area contributed by atoms with Crippen molar-refractivity contribution >= 4 is 23.2 Å². The fourth-order valence-corrected chi connectivity index (χ4v) is 2.33. The maximum Gasteiger partial charge on any atom is 0.255 e. The van der Waals surface area contributed by atoms with Crippen molar-refractivity contribution in [3.8, 4) is 0 Å². The van der Waals surface area contributed by atoms with E-state index in [-0.39, 0.29) is 5.91 Å². The molecule has 0 aliphatic heterocycles. The number of halogens is 1. The molecule has 5 heteroatoms. The monoisotopic (exact) mass is 303 g/mol. The Kier molecular flexibility index (Phi) is 4.94. The lowest BCUT2D eigenvalue weighted by Gasteiger charge is -2.15. The molecule has 0 saturated carbocycles. The molecule has 0 bridgehead atoms. The predicted molar refractivity (Wildman–Crippen MR) is 85.8 cm³/mol. The summed E-state index contributed by atoms with van der Waals surface area (Å²) in [6.07, 6.45) is 0. The number of anilines is 1. The number of nitrogens with one attached hydrogen (secondary N) is 1. The van der Waals surface area contributed by atoms with Crippen LogP contribution in [-0.4, -0.2) is 29.9 Å². The number of para-hydroxylation sites is 1. The van der Waals surface area contributed by atoms with Gasteiger partial charge in [0.1, 0.15) is 5.15 Å². The maximum absolute atomic E-state index is 12.3. The molecule has 4 nitrogen and oxygen atoms in total. The third-order valence-electron chi connectivity index (χ3n) is 2.94. The third-order valence-corrected chi connectivity index (χ3v) is 3.13. The molecule has 21 heavy (non-hydrogen) atoms. The molecule has 2 aromatic rings. The van der Waals surface area contributed by atoms with Crippen LogP contribution in [0.1, 0.15) is 21.6 Å². The van der Waals surface area contributed by atoms with Gasteiger partial charge < -0.3 is 10.2 Å². The molecule has 2 rings (SSSR count). The quantitative estimate of drug-likeness (QED) is 0.881. The zero-order valence-corrected chi connectivity index (χ0v) is 13.1. The van der Waals surface area contributed by atoms with E-state index in [9.17, 15) is 4.79 Å². The van der Waals surface area contributed by atoms with Crippen LogP contribution in [0.25, 0.3) is 0 Å². The normalized spacial score (nSPS) is 10.7. The van der Waals surface area contributed by atoms with Crippen LogP contribution in [0.4, 0.5) is 5.69 Å². The molecule has 0 aliphatic carbocycles. The molecule has 0 saturated heterocycles. The minimum atomic E-state index is -0.186. The van der Waals surface area contributed by atoms with Crippen LogP contribution in [-0.2, 0) is 6.54 Å². The first-order valence-electron chi connectivity index (χ1n) is 6.64. The van der Waals surface area contributed by atoms with Gasteiger partial charge in [0, 0.05) is 23.5 Å². The Balaban J connectivity index is 2.23. The van der Waals surface area contributed by atoms with Gasteiger partial charge in [0.05, 0.1) is 0 Å². The second kappa shape index (κ2) is 6.70. The van der Waals surface area contributed by atoms with Gasteiger partial charge in [-0.2, -0.15) is 0 Å². The van der Waals surface area contributed by atoms with Crippen LogP contribution in [0, 0.1) is 6.92 Å². The maximum atomic E-state index is 12.3. The van der Waals surface area contributed by atoms with Crippen molar-refractivity contribution in [1.82, 2.24) is 9.88 Å². The van der Waals surface area contributed by atoms with Gasteiger partial charge in [0.15, 0.2) is 0 Å². The standard InChI is InChI=1S/C16H18ClN3O/c1-11-8-13(9-15(17)18-11)16(21)19-14-7-5-4-6-12(14)10-20(2)3/h4-9H,10H2,1-3H3,(H,19,21). The Morgan fingerprint density at radius 1 is 1.29 bits per heavy atom. The van der Waals surface area contributed by atoms with Crippen molar-refractivity contribution in [1.29, 1.82) is 0 Å². The van der Waals surface area contributed by atoms with Gasteiger partial charge in [-0.15, -0.1) is 0 Å². The number of pyridine rings is 1. The molecule has 0 radical (unpaired) electrons. The molecular formula is C16H18ClN3O. The minimum absolute atomic E-state index is 0.186. The van der Waals surface area contributed by atoms with E-state index >= 15 is 0 Å². The highest BCUT2D eigenvalue weighted by Gasteiger charge is 2.11. The Hall–Kier alpha value is -1.91. The zero-order chi connectivity index (χ0) is 15.4. The number of hydrogen-bond acceptors (Lipinski definition) is 3. The van der Waals surface area contributed by atoms with Gasteiger partial charge in [-0.3, -0.25) is 4.79 Å². The second-order valence-corrected chi connectivity index (χ2v) is 5.56.